The molecule has 0 spiro atoms. The number of pyridine rings is 1. The van der Waals surface area contributed by atoms with Crippen molar-refractivity contribution in [3.05, 3.63) is 41.7 Å². The van der Waals surface area contributed by atoms with Crippen molar-refractivity contribution in [1.82, 2.24) is 15.6 Å². The third-order valence-electron chi connectivity index (χ3n) is 3.21. The first-order valence-electron chi connectivity index (χ1n) is 6.91. The summed E-state index contributed by atoms with van der Waals surface area (Å²) in [6.07, 6.45) is 9.25. The first kappa shape index (κ1) is 14.2. The normalized spacial score (nSPS) is 13.9. The standard InChI is InChI=1S/C15H19N3O2/c19-14(10-12-4-1-2-5-12)17-8-9-18-15(20)13-6-3-7-16-11-13/h3,6-7,10-11H,1-2,4-5,8-9H2,(H,17,19)(H,18,20). The predicted octanol–water partition coefficient (Wildman–Crippen LogP) is 1.43. The first-order chi connectivity index (χ1) is 9.75. The van der Waals surface area contributed by atoms with Gasteiger partial charge in [-0.3, -0.25) is 14.6 Å². The zero-order chi connectivity index (χ0) is 14.2. The highest BCUT2D eigenvalue weighted by molar-refractivity contribution is 5.93. The van der Waals surface area contributed by atoms with Gasteiger partial charge in [-0.15, -0.1) is 0 Å². The molecule has 5 nitrogen and oxygen atoms in total. The molecule has 0 saturated heterocycles. The van der Waals surface area contributed by atoms with Gasteiger partial charge >= 0.3 is 0 Å². The minimum Gasteiger partial charge on any atom is -0.351 e. The Balaban J connectivity index is 1.65. The van der Waals surface area contributed by atoms with Crippen molar-refractivity contribution in [2.24, 2.45) is 0 Å². The second-order valence-electron chi connectivity index (χ2n) is 4.80. The van der Waals surface area contributed by atoms with Crippen LogP contribution in [0.1, 0.15) is 36.0 Å². The molecule has 0 radical (unpaired) electrons. The lowest BCUT2D eigenvalue weighted by Gasteiger charge is -2.05. The number of nitrogens with zero attached hydrogens (tertiary/aromatic N) is 1. The Hall–Kier alpha value is -2.17. The predicted molar refractivity (Wildman–Crippen MR) is 76.1 cm³/mol. The Morgan fingerprint density at radius 1 is 1.20 bits per heavy atom. The van der Waals surface area contributed by atoms with E-state index >= 15 is 0 Å². The summed E-state index contributed by atoms with van der Waals surface area (Å²) in [5.41, 5.74) is 1.74. The SMILES string of the molecule is O=C(C=C1CCCC1)NCCNC(=O)c1cccnc1. The van der Waals surface area contributed by atoms with Crippen LogP contribution in [0.15, 0.2) is 36.2 Å². The summed E-state index contributed by atoms with van der Waals surface area (Å²) in [7, 11) is 0. The molecule has 20 heavy (non-hydrogen) atoms. The number of rotatable bonds is 5. The number of carbonyl (C=O) groups excluding carboxylic acids is 2. The molecule has 1 fully saturated rings. The van der Waals surface area contributed by atoms with Crippen LogP contribution in [0.4, 0.5) is 0 Å². The second-order valence-corrected chi connectivity index (χ2v) is 4.80. The molecule has 1 aliphatic carbocycles. The van der Waals surface area contributed by atoms with Gasteiger partial charge in [-0.05, 0) is 37.8 Å². The number of carbonyl (C=O) groups is 2. The van der Waals surface area contributed by atoms with Gasteiger partial charge in [0, 0.05) is 31.6 Å². The van der Waals surface area contributed by atoms with Crippen LogP contribution in [-0.4, -0.2) is 29.9 Å². The molecule has 2 rings (SSSR count). The molecule has 0 aliphatic heterocycles. The highest BCUT2D eigenvalue weighted by Gasteiger charge is 2.08. The van der Waals surface area contributed by atoms with Crippen molar-refractivity contribution < 1.29 is 9.59 Å². The van der Waals surface area contributed by atoms with Crippen LogP contribution in [0.2, 0.25) is 0 Å². The molecule has 0 atom stereocenters. The fourth-order valence-corrected chi connectivity index (χ4v) is 2.17. The van der Waals surface area contributed by atoms with Gasteiger partial charge in [0.15, 0.2) is 0 Å². The van der Waals surface area contributed by atoms with Crippen LogP contribution in [0.5, 0.6) is 0 Å². The molecule has 106 valence electrons. The molecule has 1 aromatic heterocycles. The molecule has 2 amide bonds. The summed E-state index contributed by atoms with van der Waals surface area (Å²) in [6.45, 7) is 0.831. The minimum absolute atomic E-state index is 0.0717. The van der Waals surface area contributed by atoms with Crippen molar-refractivity contribution >= 4 is 11.8 Å². The van der Waals surface area contributed by atoms with Crippen LogP contribution in [-0.2, 0) is 4.79 Å². The maximum absolute atomic E-state index is 11.7. The van der Waals surface area contributed by atoms with E-state index in [9.17, 15) is 9.59 Å². The molecule has 1 saturated carbocycles. The summed E-state index contributed by atoms with van der Waals surface area (Å²) in [4.78, 5) is 27.2. The number of hydrogen-bond donors (Lipinski definition) is 2. The van der Waals surface area contributed by atoms with Crippen LogP contribution in [0, 0.1) is 0 Å². The van der Waals surface area contributed by atoms with Gasteiger partial charge in [-0.2, -0.15) is 0 Å². The summed E-state index contributed by atoms with van der Waals surface area (Å²) < 4.78 is 0. The first-order valence-corrected chi connectivity index (χ1v) is 6.91. The topological polar surface area (TPSA) is 71.1 Å². The molecular formula is C15H19N3O2. The average Bonchev–Trinajstić information content (AvgIpc) is 2.97. The van der Waals surface area contributed by atoms with Crippen molar-refractivity contribution in [2.75, 3.05) is 13.1 Å². The fraction of sp³-hybridized carbons (Fsp3) is 0.400. The Labute approximate surface area is 118 Å². The highest BCUT2D eigenvalue weighted by atomic mass is 16.2. The van der Waals surface area contributed by atoms with Crippen molar-refractivity contribution in [3.8, 4) is 0 Å². The number of amides is 2. The second kappa shape index (κ2) is 7.43. The molecule has 0 unspecified atom stereocenters. The molecule has 5 heteroatoms. The maximum atomic E-state index is 11.7. The van der Waals surface area contributed by atoms with E-state index in [1.165, 1.54) is 24.6 Å². The van der Waals surface area contributed by atoms with E-state index in [1.807, 2.05) is 0 Å². The summed E-state index contributed by atoms with van der Waals surface area (Å²) in [5.74, 6) is -0.251. The van der Waals surface area contributed by atoms with Crippen molar-refractivity contribution in [1.29, 1.82) is 0 Å². The van der Waals surface area contributed by atoms with Gasteiger partial charge in [-0.1, -0.05) is 5.57 Å². The fourth-order valence-electron chi connectivity index (χ4n) is 2.17. The zero-order valence-corrected chi connectivity index (χ0v) is 11.4. The summed E-state index contributed by atoms with van der Waals surface area (Å²) in [5, 5.41) is 5.50. The number of nitrogens with one attached hydrogen (secondary N) is 2. The zero-order valence-electron chi connectivity index (χ0n) is 11.4. The van der Waals surface area contributed by atoms with Gasteiger partial charge < -0.3 is 10.6 Å². The Bertz CT molecular complexity index is 489. The molecular weight excluding hydrogens is 254 g/mol. The smallest absolute Gasteiger partial charge is 0.252 e. The molecule has 0 bridgehead atoms. The number of allylic oxidation sites excluding steroid dienone is 1. The number of hydrogen-bond acceptors (Lipinski definition) is 3. The Kier molecular flexibility index (Phi) is 5.29. The van der Waals surface area contributed by atoms with E-state index in [0.29, 0.717) is 18.7 Å². The van der Waals surface area contributed by atoms with E-state index in [4.69, 9.17) is 0 Å². The summed E-state index contributed by atoms with van der Waals surface area (Å²) in [6, 6.07) is 3.41. The third kappa shape index (κ3) is 4.50. The minimum atomic E-state index is -0.179. The van der Waals surface area contributed by atoms with E-state index in [2.05, 4.69) is 15.6 Å². The van der Waals surface area contributed by atoms with Gasteiger partial charge in [0.25, 0.3) is 5.91 Å². The Morgan fingerprint density at radius 2 is 1.95 bits per heavy atom. The molecule has 2 N–H and O–H groups in total. The number of aromatic nitrogens is 1. The van der Waals surface area contributed by atoms with Gasteiger partial charge in [0.2, 0.25) is 5.91 Å². The van der Waals surface area contributed by atoms with Crippen LogP contribution >= 0.6 is 0 Å². The monoisotopic (exact) mass is 273 g/mol. The summed E-state index contributed by atoms with van der Waals surface area (Å²) >= 11 is 0. The van der Waals surface area contributed by atoms with E-state index in [1.54, 1.807) is 24.4 Å². The van der Waals surface area contributed by atoms with Gasteiger partial charge in [0.05, 0.1) is 5.56 Å². The van der Waals surface area contributed by atoms with Gasteiger partial charge in [-0.25, -0.2) is 0 Å². The lowest BCUT2D eigenvalue weighted by atomic mass is 10.2. The molecule has 1 aromatic rings. The molecule has 1 heterocycles. The van der Waals surface area contributed by atoms with Gasteiger partial charge in [0.1, 0.15) is 0 Å². The Morgan fingerprint density at radius 3 is 2.65 bits per heavy atom. The van der Waals surface area contributed by atoms with Crippen LogP contribution in [0.25, 0.3) is 0 Å². The maximum Gasteiger partial charge on any atom is 0.252 e. The average molecular weight is 273 g/mol. The largest absolute Gasteiger partial charge is 0.351 e. The highest BCUT2D eigenvalue weighted by Crippen LogP contribution is 2.23. The molecule has 0 aromatic carbocycles. The lowest BCUT2D eigenvalue weighted by molar-refractivity contribution is -0.116. The lowest BCUT2D eigenvalue weighted by Crippen LogP contribution is -2.34. The third-order valence-corrected chi connectivity index (χ3v) is 3.21. The van der Waals surface area contributed by atoms with Crippen molar-refractivity contribution in [3.63, 3.8) is 0 Å². The van der Waals surface area contributed by atoms with E-state index in [-0.39, 0.29) is 11.8 Å². The quantitative estimate of drug-likeness (QED) is 0.629. The molecule has 1 aliphatic rings. The van der Waals surface area contributed by atoms with Crippen LogP contribution in [0.3, 0.4) is 0 Å². The van der Waals surface area contributed by atoms with Crippen LogP contribution < -0.4 is 10.6 Å². The van der Waals surface area contributed by atoms with Crippen molar-refractivity contribution in [2.45, 2.75) is 25.7 Å². The van der Waals surface area contributed by atoms with E-state index < -0.39 is 0 Å². The van der Waals surface area contributed by atoms with E-state index in [0.717, 1.165) is 12.8 Å².